The van der Waals surface area contributed by atoms with E-state index in [-0.39, 0.29) is 5.91 Å². The van der Waals surface area contributed by atoms with E-state index in [4.69, 9.17) is 0 Å². The van der Waals surface area contributed by atoms with Gasteiger partial charge in [-0.15, -0.1) is 0 Å². The first kappa shape index (κ1) is 20.4. The molecule has 1 unspecified atom stereocenters. The number of anilines is 1. The Morgan fingerprint density at radius 1 is 1.10 bits per heavy atom. The molecule has 0 radical (unpaired) electrons. The molecule has 1 N–H and O–H groups in total. The van der Waals surface area contributed by atoms with Crippen molar-refractivity contribution in [3.8, 4) is 5.69 Å². The third-order valence-electron chi connectivity index (χ3n) is 5.89. The van der Waals surface area contributed by atoms with Crippen LogP contribution in [0.25, 0.3) is 5.69 Å². The lowest BCUT2D eigenvalue weighted by molar-refractivity contribution is 0.102. The Labute approximate surface area is 178 Å². The molecule has 1 atom stereocenters. The summed E-state index contributed by atoms with van der Waals surface area (Å²) in [5.74, 6) is -0.0987. The molecule has 0 bridgehead atoms. The maximum Gasteiger partial charge on any atom is 0.255 e. The molecule has 0 spiro atoms. The van der Waals surface area contributed by atoms with Crippen molar-refractivity contribution in [1.82, 2.24) is 14.7 Å². The number of rotatable bonds is 5. The van der Waals surface area contributed by atoms with Crippen LogP contribution in [0.2, 0.25) is 0 Å². The minimum absolute atomic E-state index is 0.0987. The lowest BCUT2D eigenvalue weighted by Crippen LogP contribution is -2.36. The number of benzene rings is 2. The molecule has 1 saturated heterocycles. The van der Waals surface area contributed by atoms with Crippen LogP contribution in [-0.2, 0) is 6.54 Å². The predicted octanol–water partition coefficient (Wildman–Crippen LogP) is 5.12. The molecule has 30 heavy (non-hydrogen) atoms. The predicted molar refractivity (Wildman–Crippen MR) is 121 cm³/mol. The summed E-state index contributed by atoms with van der Waals surface area (Å²) in [5, 5.41) is 7.54. The first-order valence-corrected chi connectivity index (χ1v) is 10.8. The number of carbonyl (C=O) groups is 1. The molecule has 0 aliphatic carbocycles. The molecular formula is C25H30N4O. The number of hydrogen-bond acceptors (Lipinski definition) is 3. The Morgan fingerprint density at radius 3 is 2.60 bits per heavy atom. The zero-order valence-electron chi connectivity index (χ0n) is 18.1. The molecular weight excluding hydrogens is 372 g/mol. The fourth-order valence-corrected chi connectivity index (χ4v) is 4.22. The maximum absolute atomic E-state index is 12.7. The van der Waals surface area contributed by atoms with Crippen molar-refractivity contribution in [3.63, 3.8) is 0 Å². The molecule has 4 rings (SSSR count). The van der Waals surface area contributed by atoms with Crippen LogP contribution in [0.1, 0.15) is 53.5 Å². The summed E-state index contributed by atoms with van der Waals surface area (Å²) in [6.07, 6.45) is 3.87. The Morgan fingerprint density at radius 2 is 1.90 bits per heavy atom. The SMILES string of the molecule is Cc1cc(C)n(-c2ccc(C(=O)Nc3cccc(CN4CCCCC4C)c3)cc2)n1. The normalized spacial score (nSPS) is 17.1. The number of amides is 1. The molecule has 0 saturated carbocycles. The fraction of sp³-hybridized carbons (Fsp3) is 0.360. The summed E-state index contributed by atoms with van der Waals surface area (Å²) in [5.41, 5.74) is 5.72. The van der Waals surface area contributed by atoms with Crippen molar-refractivity contribution < 1.29 is 4.79 Å². The summed E-state index contributed by atoms with van der Waals surface area (Å²) in [6, 6.07) is 18.4. The van der Waals surface area contributed by atoms with Crippen LogP contribution < -0.4 is 5.32 Å². The van der Waals surface area contributed by atoms with Crippen LogP contribution >= 0.6 is 0 Å². The second-order valence-electron chi connectivity index (χ2n) is 8.36. The smallest absolute Gasteiger partial charge is 0.255 e. The Hall–Kier alpha value is -2.92. The van der Waals surface area contributed by atoms with E-state index in [9.17, 15) is 4.79 Å². The average Bonchev–Trinajstić information content (AvgIpc) is 3.08. The number of aryl methyl sites for hydroxylation is 2. The van der Waals surface area contributed by atoms with E-state index >= 15 is 0 Å². The van der Waals surface area contributed by atoms with Crippen LogP contribution in [0.5, 0.6) is 0 Å². The third-order valence-corrected chi connectivity index (χ3v) is 5.89. The van der Waals surface area contributed by atoms with Crippen molar-refractivity contribution in [1.29, 1.82) is 0 Å². The highest BCUT2D eigenvalue weighted by Crippen LogP contribution is 2.21. The summed E-state index contributed by atoms with van der Waals surface area (Å²) in [7, 11) is 0. The largest absolute Gasteiger partial charge is 0.322 e. The van der Waals surface area contributed by atoms with Crippen LogP contribution in [0.15, 0.2) is 54.6 Å². The van der Waals surface area contributed by atoms with Gasteiger partial charge in [-0.3, -0.25) is 9.69 Å². The van der Waals surface area contributed by atoms with Crippen molar-refractivity contribution >= 4 is 11.6 Å². The van der Waals surface area contributed by atoms with Crippen molar-refractivity contribution in [2.45, 2.75) is 52.6 Å². The average molecular weight is 403 g/mol. The molecule has 5 heteroatoms. The lowest BCUT2D eigenvalue weighted by Gasteiger charge is -2.33. The van der Waals surface area contributed by atoms with E-state index in [0.29, 0.717) is 11.6 Å². The van der Waals surface area contributed by atoms with Gasteiger partial charge in [0.15, 0.2) is 0 Å². The number of nitrogens with one attached hydrogen (secondary N) is 1. The molecule has 1 aliphatic heterocycles. The molecule has 1 aromatic heterocycles. The van der Waals surface area contributed by atoms with Gasteiger partial charge in [0, 0.05) is 29.5 Å². The first-order chi connectivity index (χ1) is 14.5. The van der Waals surface area contributed by atoms with E-state index in [1.165, 1.54) is 24.8 Å². The highest BCUT2D eigenvalue weighted by Gasteiger charge is 2.18. The highest BCUT2D eigenvalue weighted by molar-refractivity contribution is 6.04. The number of carbonyl (C=O) groups excluding carboxylic acids is 1. The van der Waals surface area contributed by atoms with Gasteiger partial charge in [-0.05, 0) is 88.2 Å². The monoisotopic (exact) mass is 402 g/mol. The highest BCUT2D eigenvalue weighted by atomic mass is 16.1. The summed E-state index contributed by atoms with van der Waals surface area (Å²) in [4.78, 5) is 15.3. The molecule has 2 heterocycles. The molecule has 5 nitrogen and oxygen atoms in total. The summed E-state index contributed by atoms with van der Waals surface area (Å²) < 4.78 is 1.89. The second-order valence-corrected chi connectivity index (χ2v) is 8.36. The summed E-state index contributed by atoms with van der Waals surface area (Å²) >= 11 is 0. The van der Waals surface area contributed by atoms with E-state index in [1.54, 1.807) is 0 Å². The van der Waals surface area contributed by atoms with Crippen LogP contribution in [0.4, 0.5) is 5.69 Å². The van der Waals surface area contributed by atoms with Gasteiger partial charge in [0.25, 0.3) is 5.91 Å². The Kier molecular flexibility index (Phi) is 6.00. The van der Waals surface area contributed by atoms with Gasteiger partial charge in [-0.25, -0.2) is 4.68 Å². The molecule has 156 valence electrons. The van der Waals surface area contributed by atoms with Gasteiger partial charge < -0.3 is 5.32 Å². The number of nitrogens with zero attached hydrogens (tertiary/aromatic N) is 3. The number of likely N-dealkylation sites (tertiary alicyclic amines) is 1. The van der Waals surface area contributed by atoms with Crippen molar-refractivity contribution in [3.05, 3.63) is 77.1 Å². The van der Waals surface area contributed by atoms with Crippen LogP contribution in [-0.4, -0.2) is 33.2 Å². The molecule has 1 aliphatic rings. The lowest BCUT2D eigenvalue weighted by atomic mass is 10.0. The van der Waals surface area contributed by atoms with Gasteiger partial charge in [-0.1, -0.05) is 18.6 Å². The van der Waals surface area contributed by atoms with Gasteiger partial charge in [0.2, 0.25) is 0 Å². The standard InChI is InChI=1S/C25H30N4O/c1-18-15-20(3)29(27-18)24-12-10-22(11-13-24)25(30)26-23-9-6-8-21(16-23)17-28-14-5-4-7-19(28)2/h6,8-13,15-16,19H,4-5,7,14,17H2,1-3H3,(H,26,30). The second kappa shape index (κ2) is 8.84. The number of aromatic nitrogens is 2. The van der Waals surface area contributed by atoms with E-state index < -0.39 is 0 Å². The molecule has 1 amide bonds. The molecule has 1 fully saturated rings. The van der Waals surface area contributed by atoms with E-state index in [0.717, 1.165) is 35.9 Å². The Balaban J connectivity index is 1.43. The number of hydrogen-bond donors (Lipinski definition) is 1. The topological polar surface area (TPSA) is 50.2 Å². The van der Waals surface area contributed by atoms with Gasteiger partial charge >= 0.3 is 0 Å². The summed E-state index contributed by atoms with van der Waals surface area (Å²) in [6.45, 7) is 8.39. The maximum atomic E-state index is 12.7. The van der Waals surface area contributed by atoms with Gasteiger partial charge in [0.05, 0.1) is 11.4 Å². The molecule has 2 aromatic carbocycles. The molecule has 3 aromatic rings. The van der Waals surface area contributed by atoms with E-state index in [2.05, 4.69) is 34.4 Å². The fourth-order valence-electron chi connectivity index (χ4n) is 4.22. The van der Waals surface area contributed by atoms with Crippen LogP contribution in [0, 0.1) is 13.8 Å². The van der Waals surface area contributed by atoms with Gasteiger partial charge in [-0.2, -0.15) is 5.10 Å². The minimum atomic E-state index is -0.0987. The van der Waals surface area contributed by atoms with Crippen molar-refractivity contribution in [2.24, 2.45) is 0 Å². The van der Waals surface area contributed by atoms with Crippen molar-refractivity contribution in [2.75, 3.05) is 11.9 Å². The third kappa shape index (κ3) is 4.62. The van der Waals surface area contributed by atoms with Crippen LogP contribution in [0.3, 0.4) is 0 Å². The number of piperidine rings is 1. The van der Waals surface area contributed by atoms with Gasteiger partial charge in [0.1, 0.15) is 0 Å². The zero-order chi connectivity index (χ0) is 21.1. The Bertz CT molecular complexity index is 1020. The first-order valence-electron chi connectivity index (χ1n) is 10.8. The zero-order valence-corrected chi connectivity index (χ0v) is 18.1. The van der Waals surface area contributed by atoms with E-state index in [1.807, 2.05) is 61.0 Å². The minimum Gasteiger partial charge on any atom is -0.322 e. The quantitative estimate of drug-likeness (QED) is 0.645.